The Labute approximate surface area is 219 Å². The summed E-state index contributed by atoms with van der Waals surface area (Å²) in [5.74, 6) is -0.586. The van der Waals surface area contributed by atoms with Gasteiger partial charge in [0.05, 0.1) is 5.97 Å². The molecule has 192 valence electrons. The number of fused-ring (bicyclic) bond motifs is 1. The standard InChI is InChI=1S/C27H33FN2O3.2ClH/c28-25-8-3-21(4-9-25)17-30-13-1-2-22-6-7-23(16-24(22)18-30)26(31)10-5-20-11-14-29(15-12-20)19-27(32)33;;/h3-4,6-9,16,20H,1-2,5,10-15,17-19H2,(H,32,33);2*1H/p-1. The minimum Gasteiger partial charge on any atom is -0.549 e. The average Bonchev–Trinajstić information content (AvgIpc) is 3.00. The van der Waals surface area contributed by atoms with Crippen molar-refractivity contribution < 1.29 is 19.1 Å². The van der Waals surface area contributed by atoms with Crippen LogP contribution in [-0.4, -0.2) is 47.7 Å². The van der Waals surface area contributed by atoms with E-state index < -0.39 is 5.97 Å². The number of likely N-dealkylation sites (tertiary alicyclic amines) is 1. The zero-order valence-electron chi connectivity index (χ0n) is 19.9. The maximum Gasteiger partial charge on any atom is 0.162 e. The molecule has 2 heterocycles. The molecule has 0 bridgehead atoms. The summed E-state index contributed by atoms with van der Waals surface area (Å²) in [6, 6.07) is 12.8. The van der Waals surface area contributed by atoms with Gasteiger partial charge in [0, 0.05) is 31.6 Å². The Hall–Kier alpha value is -1.99. The highest BCUT2D eigenvalue weighted by Gasteiger charge is 2.21. The minimum atomic E-state index is -1.02. The molecule has 0 amide bonds. The lowest BCUT2D eigenvalue weighted by Crippen LogP contribution is -2.42. The Morgan fingerprint density at radius 3 is 2.34 bits per heavy atom. The number of carboxylic acids is 1. The van der Waals surface area contributed by atoms with Gasteiger partial charge in [-0.25, -0.2) is 4.39 Å². The number of rotatable bonds is 8. The number of Topliss-reactive ketones (excluding diaryl/α,β-unsaturated/α-hetero) is 1. The largest absolute Gasteiger partial charge is 0.549 e. The molecule has 2 aliphatic heterocycles. The topological polar surface area (TPSA) is 63.7 Å². The van der Waals surface area contributed by atoms with Crippen molar-refractivity contribution in [3.05, 3.63) is 70.5 Å². The number of aryl methyl sites for hydroxylation is 1. The van der Waals surface area contributed by atoms with Crippen LogP contribution in [0.5, 0.6) is 0 Å². The Morgan fingerprint density at radius 2 is 1.66 bits per heavy atom. The third-order valence-corrected chi connectivity index (χ3v) is 7.00. The summed E-state index contributed by atoms with van der Waals surface area (Å²) in [7, 11) is 0. The molecular weight excluding hydrogens is 490 g/mol. The van der Waals surface area contributed by atoms with Crippen molar-refractivity contribution >= 4 is 36.6 Å². The molecule has 0 unspecified atom stereocenters. The summed E-state index contributed by atoms with van der Waals surface area (Å²) in [6.07, 6.45) is 5.33. The summed E-state index contributed by atoms with van der Waals surface area (Å²) in [5.41, 5.74) is 4.41. The van der Waals surface area contributed by atoms with Gasteiger partial charge in [-0.15, -0.1) is 24.8 Å². The molecule has 0 saturated carbocycles. The van der Waals surface area contributed by atoms with Gasteiger partial charge in [0.1, 0.15) is 5.82 Å². The van der Waals surface area contributed by atoms with E-state index in [0.29, 0.717) is 12.3 Å². The van der Waals surface area contributed by atoms with E-state index >= 15 is 0 Å². The number of hydrogen-bond donors (Lipinski definition) is 0. The lowest BCUT2D eigenvalue weighted by Gasteiger charge is -2.32. The van der Waals surface area contributed by atoms with Gasteiger partial charge < -0.3 is 9.90 Å². The van der Waals surface area contributed by atoms with Crippen molar-refractivity contribution in [2.75, 3.05) is 26.2 Å². The molecule has 0 aromatic heterocycles. The molecule has 4 rings (SSSR count). The number of carbonyl (C=O) groups is 2. The molecular formula is C27H34Cl2FN2O3-. The zero-order valence-corrected chi connectivity index (χ0v) is 21.6. The van der Waals surface area contributed by atoms with Crippen LogP contribution in [-0.2, 0) is 24.3 Å². The normalized spacial score (nSPS) is 16.9. The first-order valence-electron chi connectivity index (χ1n) is 12.0. The summed E-state index contributed by atoms with van der Waals surface area (Å²) in [6.45, 7) is 4.06. The fourth-order valence-electron chi connectivity index (χ4n) is 5.08. The molecule has 1 saturated heterocycles. The van der Waals surface area contributed by atoms with Crippen LogP contribution >= 0.6 is 24.8 Å². The first-order valence-corrected chi connectivity index (χ1v) is 12.0. The fraction of sp³-hybridized carbons (Fsp3) is 0.481. The van der Waals surface area contributed by atoms with Gasteiger partial charge in [-0.05, 0) is 92.5 Å². The molecule has 0 aliphatic carbocycles. The number of ketones is 1. The van der Waals surface area contributed by atoms with Crippen molar-refractivity contribution in [1.29, 1.82) is 0 Å². The van der Waals surface area contributed by atoms with Crippen molar-refractivity contribution in [2.24, 2.45) is 5.92 Å². The van der Waals surface area contributed by atoms with Crippen LogP contribution in [0.25, 0.3) is 0 Å². The Kier molecular flexibility index (Phi) is 11.6. The molecule has 5 nitrogen and oxygen atoms in total. The molecule has 2 aliphatic rings. The first kappa shape index (κ1) is 29.2. The van der Waals surface area contributed by atoms with Crippen molar-refractivity contribution in [3.63, 3.8) is 0 Å². The molecule has 0 radical (unpaired) electrons. The van der Waals surface area contributed by atoms with E-state index in [1.54, 1.807) is 0 Å². The van der Waals surface area contributed by atoms with Crippen LogP contribution in [0.3, 0.4) is 0 Å². The second-order valence-electron chi connectivity index (χ2n) is 9.48. The van der Waals surface area contributed by atoms with E-state index in [2.05, 4.69) is 17.0 Å². The number of aliphatic carboxylic acids is 1. The van der Waals surface area contributed by atoms with Gasteiger partial charge in [-0.2, -0.15) is 0 Å². The first-order chi connectivity index (χ1) is 16.0. The van der Waals surface area contributed by atoms with Gasteiger partial charge in [-0.1, -0.05) is 24.3 Å². The van der Waals surface area contributed by atoms with Gasteiger partial charge in [-0.3, -0.25) is 14.6 Å². The number of nitrogens with zero attached hydrogens (tertiary/aromatic N) is 2. The molecule has 0 N–H and O–H groups in total. The second kappa shape index (κ2) is 13.9. The highest BCUT2D eigenvalue weighted by molar-refractivity contribution is 5.96. The number of halogens is 3. The zero-order chi connectivity index (χ0) is 23.2. The Balaban J connectivity index is 0.00000216. The molecule has 2 aromatic rings. The predicted octanol–water partition coefficient (Wildman–Crippen LogP) is 4.04. The number of carboxylic acid groups (broad SMARTS) is 1. The predicted molar refractivity (Wildman–Crippen MR) is 138 cm³/mol. The number of carbonyl (C=O) groups excluding carboxylic acids is 2. The maximum atomic E-state index is 13.2. The van der Waals surface area contributed by atoms with E-state index in [9.17, 15) is 19.1 Å². The number of piperidine rings is 1. The van der Waals surface area contributed by atoms with Crippen LogP contribution in [0, 0.1) is 11.7 Å². The quantitative estimate of drug-likeness (QED) is 0.488. The van der Waals surface area contributed by atoms with Crippen LogP contribution in [0.4, 0.5) is 4.39 Å². The smallest absolute Gasteiger partial charge is 0.162 e. The van der Waals surface area contributed by atoms with Crippen molar-refractivity contribution in [1.82, 2.24) is 9.80 Å². The van der Waals surface area contributed by atoms with E-state index in [4.69, 9.17) is 0 Å². The van der Waals surface area contributed by atoms with E-state index in [0.717, 1.165) is 76.0 Å². The average molecular weight is 524 g/mol. The lowest BCUT2D eigenvalue weighted by atomic mass is 9.90. The lowest BCUT2D eigenvalue weighted by molar-refractivity contribution is -0.306. The minimum absolute atomic E-state index is 0. The Bertz CT molecular complexity index is 979. The van der Waals surface area contributed by atoms with Crippen LogP contribution in [0.2, 0.25) is 0 Å². The van der Waals surface area contributed by atoms with Crippen LogP contribution in [0.15, 0.2) is 42.5 Å². The molecule has 0 atom stereocenters. The van der Waals surface area contributed by atoms with Gasteiger partial charge in [0.15, 0.2) is 5.78 Å². The molecule has 1 fully saturated rings. The molecule has 0 spiro atoms. The highest BCUT2D eigenvalue weighted by atomic mass is 35.5. The maximum absolute atomic E-state index is 13.2. The van der Waals surface area contributed by atoms with Crippen LogP contribution < -0.4 is 5.11 Å². The summed E-state index contributed by atoms with van der Waals surface area (Å²) < 4.78 is 13.2. The number of hydrogen-bond acceptors (Lipinski definition) is 5. The van der Waals surface area contributed by atoms with Gasteiger partial charge in [0.25, 0.3) is 0 Å². The highest BCUT2D eigenvalue weighted by Crippen LogP contribution is 2.25. The molecule has 35 heavy (non-hydrogen) atoms. The summed E-state index contributed by atoms with van der Waals surface area (Å²) >= 11 is 0. The SMILES string of the molecule is Cl.Cl.O=C([O-])CN1CCC(CCC(=O)c2ccc3c(c2)CN(Cc2ccc(F)cc2)CCC3)CC1. The van der Waals surface area contributed by atoms with E-state index in [-0.39, 0.29) is 43.0 Å². The van der Waals surface area contributed by atoms with Gasteiger partial charge in [0.2, 0.25) is 0 Å². The molecule has 2 aromatic carbocycles. The molecule has 8 heteroatoms. The van der Waals surface area contributed by atoms with Crippen molar-refractivity contribution in [2.45, 2.75) is 51.6 Å². The summed E-state index contributed by atoms with van der Waals surface area (Å²) in [4.78, 5) is 28.0. The fourth-order valence-corrected chi connectivity index (χ4v) is 5.08. The van der Waals surface area contributed by atoms with E-state index in [1.165, 1.54) is 23.3 Å². The third kappa shape index (κ3) is 8.57. The monoisotopic (exact) mass is 523 g/mol. The van der Waals surface area contributed by atoms with E-state index in [1.807, 2.05) is 23.1 Å². The third-order valence-electron chi connectivity index (χ3n) is 7.00. The van der Waals surface area contributed by atoms with Crippen molar-refractivity contribution in [3.8, 4) is 0 Å². The summed E-state index contributed by atoms with van der Waals surface area (Å²) in [5, 5.41) is 10.8. The van der Waals surface area contributed by atoms with Gasteiger partial charge >= 0.3 is 0 Å². The second-order valence-corrected chi connectivity index (χ2v) is 9.48. The Morgan fingerprint density at radius 1 is 0.943 bits per heavy atom. The van der Waals surface area contributed by atoms with Crippen LogP contribution in [0.1, 0.15) is 59.2 Å². The number of benzene rings is 2.